The molecule has 0 spiro atoms. The van der Waals surface area contributed by atoms with Crippen molar-refractivity contribution in [2.45, 2.75) is 6.92 Å². The van der Waals surface area contributed by atoms with Crippen LogP contribution in [0.1, 0.15) is 6.92 Å². The summed E-state index contributed by atoms with van der Waals surface area (Å²) in [6.45, 7) is 1.96. The molecule has 0 fully saturated rings. The lowest BCUT2D eigenvalue weighted by Gasteiger charge is -2.05. The molecule has 0 radical (unpaired) electrons. The molecule has 92 valence electrons. The molecule has 0 aliphatic carbocycles. The minimum Gasteiger partial charge on any atom is -0.466 e. The van der Waals surface area contributed by atoms with Gasteiger partial charge in [-0.15, -0.1) is 0 Å². The van der Waals surface area contributed by atoms with Crippen LogP contribution >= 0.6 is 11.6 Å². The van der Waals surface area contributed by atoms with E-state index in [0.717, 1.165) is 0 Å². The van der Waals surface area contributed by atoms with Gasteiger partial charge in [0.25, 0.3) is 0 Å². The van der Waals surface area contributed by atoms with Crippen molar-refractivity contribution in [3.05, 3.63) is 40.7 Å². The van der Waals surface area contributed by atoms with E-state index in [1.54, 1.807) is 25.1 Å². The number of esters is 1. The molecular weight excluding hydrogens is 245 g/mol. The number of ether oxygens (including phenoxy) is 1. The van der Waals surface area contributed by atoms with Crippen LogP contribution in [-0.4, -0.2) is 19.6 Å². The van der Waals surface area contributed by atoms with E-state index in [-0.39, 0.29) is 0 Å². The molecule has 1 N–H and O–H groups in total. The van der Waals surface area contributed by atoms with E-state index in [1.807, 2.05) is 0 Å². The summed E-state index contributed by atoms with van der Waals surface area (Å²) in [5, 5.41) is 3.17. The van der Waals surface area contributed by atoms with Crippen LogP contribution in [0.4, 0.5) is 10.1 Å². The quantitative estimate of drug-likeness (QED) is 0.666. The van der Waals surface area contributed by atoms with Crippen LogP contribution in [0, 0.1) is 5.82 Å². The molecule has 1 rings (SSSR count). The summed E-state index contributed by atoms with van der Waals surface area (Å²) in [6.07, 6.45) is 1.62. The first-order valence-corrected chi connectivity index (χ1v) is 5.36. The van der Waals surface area contributed by atoms with Crippen molar-refractivity contribution in [1.82, 2.24) is 0 Å². The predicted molar refractivity (Wildman–Crippen MR) is 65.7 cm³/mol. The second-order valence-corrected chi connectivity index (χ2v) is 3.82. The van der Waals surface area contributed by atoms with Gasteiger partial charge in [-0.25, -0.2) is 9.18 Å². The Kier molecular flexibility index (Phi) is 4.97. The lowest BCUT2D eigenvalue weighted by Crippen LogP contribution is -2.06. The van der Waals surface area contributed by atoms with Crippen LogP contribution in [0.15, 0.2) is 29.8 Å². The summed E-state index contributed by atoms with van der Waals surface area (Å²) in [7, 11) is 1.31. The molecule has 0 amide bonds. The minimum absolute atomic E-state index is 0.333. The number of methoxy groups -OCH3 is 1. The topological polar surface area (TPSA) is 38.3 Å². The van der Waals surface area contributed by atoms with E-state index in [1.165, 1.54) is 13.2 Å². The third-order valence-corrected chi connectivity index (χ3v) is 2.37. The number of rotatable bonds is 4. The first-order chi connectivity index (χ1) is 8.04. The Morgan fingerprint density at radius 3 is 2.88 bits per heavy atom. The smallest absolute Gasteiger partial charge is 0.333 e. The highest BCUT2D eigenvalue weighted by Crippen LogP contribution is 2.18. The van der Waals surface area contributed by atoms with Gasteiger partial charge in [0.1, 0.15) is 5.82 Å². The molecule has 0 unspecified atom stereocenters. The second-order valence-electron chi connectivity index (χ2n) is 3.38. The maximum absolute atomic E-state index is 13.3. The molecule has 0 saturated carbocycles. The molecular formula is C12H13ClFNO2. The van der Waals surface area contributed by atoms with E-state index in [9.17, 15) is 9.18 Å². The van der Waals surface area contributed by atoms with E-state index in [2.05, 4.69) is 10.1 Å². The fourth-order valence-electron chi connectivity index (χ4n) is 1.19. The SMILES string of the molecule is COC(=O)/C(C)=C/CNc1ccc(Cl)cc1F. The number of carbonyl (C=O) groups excluding carboxylic acids is 1. The lowest BCUT2D eigenvalue weighted by atomic mass is 10.2. The predicted octanol–water partition coefficient (Wildman–Crippen LogP) is 3.01. The number of carbonyl (C=O) groups is 1. The molecule has 1 aromatic rings. The highest BCUT2D eigenvalue weighted by Gasteiger charge is 2.03. The average Bonchev–Trinajstić information content (AvgIpc) is 2.30. The van der Waals surface area contributed by atoms with E-state index in [0.29, 0.717) is 22.8 Å². The largest absolute Gasteiger partial charge is 0.466 e. The first kappa shape index (κ1) is 13.5. The number of benzene rings is 1. The highest BCUT2D eigenvalue weighted by molar-refractivity contribution is 6.30. The average molecular weight is 258 g/mol. The van der Waals surface area contributed by atoms with Crippen molar-refractivity contribution in [1.29, 1.82) is 0 Å². The second kappa shape index (κ2) is 6.25. The summed E-state index contributed by atoms with van der Waals surface area (Å²) in [4.78, 5) is 11.1. The van der Waals surface area contributed by atoms with Crippen molar-refractivity contribution in [3.8, 4) is 0 Å². The molecule has 5 heteroatoms. The Morgan fingerprint density at radius 1 is 1.59 bits per heavy atom. The van der Waals surface area contributed by atoms with Crippen LogP contribution in [0.2, 0.25) is 5.02 Å². The Labute approximate surface area is 104 Å². The van der Waals surface area contributed by atoms with Crippen molar-refractivity contribution < 1.29 is 13.9 Å². The number of halogens is 2. The van der Waals surface area contributed by atoms with Crippen LogP contribution < -0.4 is 5.32 Å². The fourth-order valence-corrected chi connectivity index (χ4v) is 1.35. The zero-order valence-electron chi connectivity index (χ0n) is 9.59. The van der Waals surface area contributed by atoms with Crippen molar-refractivity contribution >= 4 is 23.3 Å². The monoisotopic (exact) mass is 257 g/mol. The zero-order valence-corrected chi connectivity index (χ0v) is 10.3. The zero-order chi connectivity index (χ0) is 12.8. The molecule has 0 heterocycles. The molecule has 17 heavy (non-hydrogen) atoms. The van der Waals surface area contributed by atoms with Gasteiger partial charge in [0.15, 0.2) is 0 Å². The normalized spacial score (nSPS) is 11.2. The van der Waals surface area contributed by atoms with Gasteiger partial charge in [0, 0.05) is 17.1 Å². The molecule has 0 aromatic heterocycles. The van der Waals surface area contributed by atoms with E-state index >= 15 is 0 Å². The third kappa shape index (κ3) is 4.07. The minimum atomic E-state index is -0.429. The van der Waals surface area contributed by atoms with Gasteiger partial charge in [-0.2, -0.15) is 0 Å². The standard InChI is InChI=1S/C12H13ClFNO2/c1-8(12(16)17-2)5-6-15-11-4-3-9(13)7-10(11)14/h3-5,7,15H,6H2,1-2H3/b8-5+. The van der Waals surface area contributed by atoms with E-state index < -0.39 is 11.8 Å². The maximum Gasteiger partial charge on any atom is 0.333 e. The number of hydrogen-bond acceptors (Lipinski definition) is 3. The lowest BCUT2D eigenvalue weighted by molar-refractivity contribution is -0.136. The number of hydrogen-bond donors (Lipinski definition) is 1. The summed E-state index contributed by atoms with van der Waals surface area (Å²) >= 11 is 5.62. The first-order valence-electron chi connectivity index (χ1n) is 4.98. The van der Waals surface area contributed by atoms with Crippen molar-refractivity contribution in [3.63, 3.8) is 0 Å². The molecule has 0 aliphatic rings. The van der Waals surface area contributed by atoms with Gasteiger partial charge >= 0.3 is 5.97 Å². The van der Waals surface area contributed by atoms with Crippen LogP contribution in [-0.2, 0) is 9.53 Å². The summed E-state index contributed by atoms with van der Waals surface area (Å²) in [6, 6.07) is 4.35. The van der Waals surface area contributed by atoms with Crippen molar-refractivity contribution in [2.75, 3.05) is 19.0 Å². The number of anilines is 1. The van der Waals surface area contributed by atoms with Gasteiger partial charge in [-0.3, -0.25) is 0 Å². The fraction of sp³-hybridized carbons (Fsp3) is 0.250. The van der Waals surface area contributed by atoms with E-state index in [4.69, 9.17) is 11.6 Å². The van der Waals surface area contributed by atoms with Crippen LogP contribution in [0.3, 0.4) is 0 Å². The Hall–Kier alpha value is -1.55. The number of nitrogens with one attached hydrogen (secondary N) is 1. The molecule has 1 aromatic carbocycles. The Bertz CT molecular complexity index is 446. The summed E-state index contributed by atoms with van der Waals surface area (Å²) in [5.74, 6) is -0.829. The molecule has 0 atom stereocenters. The summed E-state index contributed by atoms with van der Waals surface area (Å²) < 4.78 is 17.9. The van der Waals surface area contributed by atoms with Gasteiger partial charge < -0.3 is 10.1 Å². The van der Waals surface area contributed by atoms with Crippen molar-refractivity contribution in [2.24, 2.45) is 0 Å². The molecule has 0 bridgehead atoms. The molecule has 0 saturated heterocycles. The third-order valence-electron chi connectivity index (χ3n) is 2.14. The van der Waals surface area contributed by atoms with Crippen LogP contribution in [0.5, 0.6) is 0 Å². The van der Waals surface area contributed by atoms with Gasteiger partial charge in [-0.05, 0) is 25.1 Å². The molecule has 0 aliphatic heterocycles. The Morgan fingerprint density at radius 2 is 2.29 bits per heavy atom. The molecule has 3 nitrogen and oxygen atoms in total. The van der Waals surface area contributed by atoms with Gasteiger partial charge in [0.2, 0.25) is 0 Å². The summed E-state index contributed by atoms with van der Waals surface area (Å²) in [5.41, 5.74) is 0.803. The van der Waals surface area contributed by atoms with Gasteiger partial charge in [-0.1, -0.05) is 17.7 Å². The van der Waals surface area contributed by atoms with Crippen LogP contribution in [0.25, 0.3) is 0 Å². The maximum atomic E-state index is 13.3. The van der Waals surface area contributed by atoms with Gasteiger partial charge in [0.05, 0.1) is 12.8 Å². The highest BCUT2D eigenvalue weighted by atomic mass is 35.5. The Balaban J connectivity index is 2.59.